The highest BCUT2D eigenvalue weighted by molar-refractivity contribution is 5.99. The number of nitriles is 1. The molecule has 6 nitrogen and oxygen atoms in total. The number of aryl methyl sites for hydroxylation is 1. The second-order valence-electron chi connectivity index (χ2n) is 8.17. The summed E-state index contributed by atoms with van der Waals surface area (Å²) >= 11 is 0. The molecule has 1 unspecified atom stereocenters. The monoisotopic (exact) mass is 421 g/mol. The molecule has 6 heteroatoms. The summed E-state index contributed by atoms with van der Waals surface area (Å²) in [5.74, 6) is -0.661. The maximum Gasteiger partial charge on any atom is 0.349 e. The number of ether oxygens (including phenoxy) is 1. The fraction of sp³-hybridized carbons (Fsp3) is 0.400. The number of benzene rings is 1. The first-order chi connectivity index (χ1) is 14.6. The van der Waals surface area contributed by atoms with Gasteiger partial charge in [-0.3, -0.25) is 4.79 Å². The van der Waals surface area contributed by atoms with Gasteiger partial charge < -0.3 is 14.2 Å². The summed E-state index contributed by atoms with van der Waals surface area (Å²) in [5.41, 5.74) is 3.71. The molecule has 31 heavy (non-hydrogen) atoms. The van der Waals surface area contributed by atoms with Crippen molar-refractivity contribution in [3.05, 3.63) is 64.5 Å². The van der Waals surface area contributed by atoms with Crippen LogP contribution in [-0.2, 0) is 20.9 Å². The van der Waals surface area contributed by atoms with Crippen LogP contribution in [0.1, 0.15) is 49.3 Å². The molecule has 0 fully saturated rings. The highest BCUT2D eigenvalue weighted by Gasteiger charge is 2.20. The first-order valence-corrected chi connectivity index (χ1v) is 10.4. The van der Waals surface area contributed by atoms with Gasteiger partial charge in [0.1, 0.15) is 11.6 Å². The molecule has 0 bridgehead atoms. The van der Waals surface area contributed by atoms with Gasteiger partial charge in [-0.1, -0.05) is 44.2 Å². The lowest BCUT2D eigenvalue weighted by Gasteiger charge is -2.25. The minimum absolute atomic E-state index is 0.128. The Morgan fingerprint density at radius 1 is 1.19 bits per heavy atom. The van der Waals surface area contributed by atoms with Crippen LogP contribution in [0.15, 0.2) is 42.0 Å². The summed E-state index contributed by atoms with van der Waals surface area (Å²) in [6.07, 6.45) is 1.53. The van der Waals surface area contributed by atoms with E-state index in [2.05, 4.69) is 18.4 Å². The number of hydrogen-bond acceptors (Lipinski definition) is 4. The third kappa shape index (κ3) is 6.08. The number of likely N-dealkylation sites (N-methyl/N-ethyl adjacent to an activating group) is 1. The van der Waals surface area contributed by atoms with E-state index < -0.39 is 12.6 Å². The van der Waals surface area contributed by atoms with Gasteiger partial charge in [-0.25, -0.2) is 4.79 Å². The normalized spacial score (nSPS) is 12.4. The van der Waals surface area contributed by atoms with E-state index in [4.69, 9.17) is 4.74 Å². The van der Waals surface area contributed by atoms with Crippen LogP contribution >= 0.6 is 0 Å². The van der Waals surface area contributed by atoms with Crippen LogP contribution in [0.2, 0.25) is 0 Å². The van der Waals surface area contributed by atoms with Gasteiger partial charge in [0.05, 0.1) is 6.04 Å². The van der Waals surface area contributed by atoms with Crippen molar-refractivity contribution < 1.29 is 14.3 Å². The summed E-state index contributed by atoms with van der Waals surface area (Å²) < 4.78 is 7.32. The minimum Gasteiger partial charge on any atom is -0.451 e. The van der Waals surface area contributed by atoms with E-state index in [-0.39, 0.29) is 17.5 Å². The summed E-state index contributed by atoms with van der Waals surface area (Å²) in [7, 11) is 1.67. The lowest BCUT2D eigenvalue weighted by molar-refractivity contribution is -0.148. The lowest BCUT2D eigenvalue weighted by Crippen LogP contribution is -2.33. The number of carbonyl (C=O) groups excluding carboxylic acids is 2. The van der Waals surface area contributed by atoms with Crippen molar-refractivity contribution in [2.75, 3.05) is 13.7 Å². The van der Waals surface area contributed by atoms with E-state index in [0.717, 1.165) is 29.1 Å². The first kappa shape index (κ1) is 23.9. The predicted molar refractivity (Wildman–Crippen MR) is 121 cm³/mol. The van der Waals surface area contributed by atoms with Crippen LogP contribution in [-0.4, -0.2) is 35.0 Å². The Hall–Kier alpha value is -3.33. The van der Waals surface area contributed by atoms with E-state index in [1.807, 2.05) is 63.2 Å². The van der Waals surface area contributed by atoms with Crippen LogP contribution in [0.3, 0.4) is 0 Å². The maximum absolute atomic E-state index is 12.5. The van der Waals surface area contributed by atoms with Crippen molar-refractivity contribution in [2.45, 2.75) is 47.2 Å². The third-order valence-corrected chi connectivity index (χ3v) is 5.38. The topological polar surface area (TPSA) is 75.3 Å². The zero-order valence-electron chi connectivity index (χ0n) is 19.2. The zero-order valence-corrected chi connectivity index (χ0v) is 19.2. The minimum atomic E-state index is -0.801. The van der Waals surface area contributed by atoms with Crippen molar-refractivity contribution in [1.29, 1.82) is 5.26 Å². The fourth-order valence-corrected chi connectivity index (χ4v) is 3.39. The molecule has 0 saturated carbocycles. The van der Waals surface area contributed by atoms with Gasteiger partial charge in [-0.2, -0.15) is 5.26 Å². The van der Waals surface area contributed by atoms with Gasteiger partial charge in [-0.05, 0) is 50.0 Å². The Morgan fingerprint density at radius 3 is 2.42 bits per heavy atom. The molecule has 1 heterocycles. The SMILES string of the molecule is Cc1cc(/C=C(\C#N)C(=O)OCC(=O)N(C)C(C)c2ccccc2)c(C)n1CC(C)C. The van der Waals surface area contributed by atoms with Gasteiger partial charge in [0.25, 0.3) is 5.91 Å². The van der Waals surface area contributed by atoms with Crippen molar-refractivity contribution >= 4 is 18.0 Å². The molecule has 2 aromatic rings. The quantitative estimate of drug-likeness (QED) is 0.359. The Morgan fingerprint density at radius 2 is 1.84 bits per heavy atom. The number of nitrogens with zero attached hydrogens (tertiary/aromatic N) is 3. The second kappa shape index (κ2) is 10.6. The highest BCUT2D eigenvalue weighted by Crippen LogP contribution is 2.21. The van der Waals surface area contributed by atoms with Crippen LogP contribution in [0.25, 0.3) is 6.08 Å². The Balaban J connectivity index is 2.07. The summed E-state index contributed by atoms with van der Waals surface area (Å²) in [6, 6.07) is 13.3. The third-order valence-electron chi connectivity index (χ3n) is 5.38. The molecule has 2 rings (SSSR count). The van der Waals surface area contributed by atoms with Crippen LogP contribution in [0, 0.1) is 31.1 Å². The van der Waals surface area contributed by atoms with Gasteiger partial charge in [0, 0.05) is 25.0 Å². The molecule has 0 aliphatic rings. The van der Waals surface area contributed by atoms with E-state index in [9.17, 15) is 14.9 Å². The Labute approximate surface area is 184 Å². The molecule has 1 aromatic carbocycles. The maximum atomic E-state index is 12.5. The first-order valence-electron chi connectivity index (χ1n) is 10.4. The molecule has 0 radical (unpaired) electrons. The van der Waals surface area contributed by atoms with Crippen molar-refractivity contribution in [1.82, 2.24) is 9.47 Å². The van der Waals surface area contributed by atoms with Gasteiger partial charge in [0.2, 0.25) is 0 Å². The van der Waals surface area contributed by atoms with E-state index >= 15 is 0 Å². The average Bonchev–Trinajstić information content (AvgIpc) is 3.01. The Kier molecular flexibility index (Phi) is 8.21. The standard InChI is InChI=1S/C25H31N3O3/c1-17(2)15-28-18(3)12-22(20(28)5)13-23(14-26)25(30)31-16-24(29)27(6)19(4)21-10-8-7-9-11-21/h7-13,17,19H,15-16H2,1-6H3/b23-13+. The molecular formula is C25H31N3O3. The molecule has 0 saturated heterocycles. The molecule has 0 spiro atoms. The van der Waals surface area contributed by atoms with Crippen molar-refractivity contribution in [3.8, 4) is 6.07 Å². The van der Waals surface area contributed by atoms with E-state index in [1.54, 1.807) is 7.05 Å². The second-order valence-corrected chi connectivity index (χ2v) is 8.17. The van der Waals surface area contributed by atoms with Gasteiger partial charge in [-0.15, -0.1) is 0 Å². The zero-order chi connectivity index (χ0) is 23.1. The predicted octanol–water partition coefficient (Wildman–Crippen LogP) is 4.43. The number of carbonyl (C=O) groups is 2. The number of rotatable bonds is 8. The van der Waals surface area contributed by atoms with Crippen LogP contribution < -0.4 is 0 Å². The van der Waals surface area contributed by atoms with E-state index in [1.165, 1.54) is 11.0 Å². The lowest BCUT2D eigenvalue weighted by atomic mass is 10.1. The molecule has 0 aliphatic carbocycles. The fourth-order valence-electron chi connectivity index (χ4n) is 3.39. The number of amides is 1. The number of hydrogen-bond donors (Lipinski definition) is 0. The summed E-state index contributed by atoms with van der Waals surface area (Å²) in [5, 5.41) is 9.46. The van der Waals surface area contributed by atoms with E-state index in [0.29, 0.717) is 5.92 Å². The summed E-state index contributed by atoms with van der Waals surface area (Å²) in [6.45, 7) is 10.6. The van der Waals surface area contributed by atoms with Crippen LogP contribution in [0.4, 0.5) is 0 Å². The number of aromatic nitrogens is 1. The molecule has 164 valence electrons. The van der Waals surface area contributed by atoms with Crippen LogP contribution in [0.5, 0.6) is 0 Å². The molecular weight excluding hydrogens is 390 g/mol. The average molecular weight is 422 g/mol. The molecule has 0 aliphatic heterocycles. The highest BCUT2D eigenvalue weighted by atomic mass is 16.5. The van der Waals surface area contributed by atoms with Gasteiger partial charge >= 0.3 is 5.97 Å². The summed E-state index contributed by atoms with van der Waals surface area (Å²) in [4.78, 5) is 26.4. The smallest absolute Gasteiger partial charge is 0.349 e. The Bertz CT molecular complexity index is 997. The molecule has 1 amide bonds. The van der Waals surface area contributed by atoms with Crippen molar-refractivity contribution in [2.24, 2.45) is 5.92 Å². The molecule has 1 aromatic heterocycles. The van der Waals surface area contributed by atoms with Crippen molar-refractivity contribution in [3.63, 3.8) is 0 Å². The van der Waals surface area contributed by atoms with Gasteiger partial charge in [0.15, 0.2) is 6.61 Å². The molecule has 1 atom stereocenters. The molecule has 0 N–H and O–H groups in total. The largest absolute Gasteiger partial charge is 0.451 e. The number of esters is 1.